The number of hydrogen-bond donors (Lipinski definition) is 1. The molecule has 0 aliphatic carbocycles. The molecule has 1 saturated heterocycles. The van der Waals surface area contributed by atoms with E-state index in [9.17, 15) is 9.18 Å². The third-order valence-corrected chi connectivity index (χ3v) is 5.27. The first kappa shape index (κ1) is 17.5. The summed E-state index contributed by atoms with van der Waals surface area (Å²) in [6.45, 7) is 1.59. The van der Waals surface area contributed by atoms with Crippen molar-refractivity contribution in [1.82, 2.24) is 29.6 Å². The van der Waals surface area contributed by atoms with Crippen molar-refractivity contribution in [2.45, 2.75) is 19.3 Å². The summed E-state index contributed by atoms with van der Waals surface area (Å²) in [5, 5.41) is 7.40. The fourth-order valence-electron chi connectivity index (χ4n) is 3.82. The highest BCUT2D eigenvalue weighted by Gasteiger charge is 2.19. The van der Waals surface area contributed by atoms with E-state index in [4.69, 9.17) is 0 Å². The van der Waals surface area contributed by atoms with Gasteiger partial charge in [-0.25, -0.2) is 14.4 Å². The Morgan fingerprint density at radius 2 is 1.93 bits per heavy atom. The minimum atomic E-state index is -0.382. The molecule has 1 aliphatic heterocycles. The van der Waals surface area contributed by atoms with Crippen LogP contribution in [0, 0.1) is 5.82 Å². The maximum atomic E-state index is 14.2. The lowest BCUT2D eigenvalue weighted by Gasteiger charge is -2.26. The minimum absolute atomic E-state index is 0.0187. The molecule has 0 saturated carbocycles. The number of amides is 1. The molecular weight excluding hydrogens is 371 g/mol. The van der Waals surface area contributed by atoms with Crippen LogP contribution in [0.1, 0.15) is 29.6 Å². The molecule has 0 unspecified atom stereocenters. The van der Waals surface area contributed by atoms with Gasteiger partial charge in [0.2, 0.25) is 0 Å². The van der Waals surface area contributed by atoms with Crippen LogP contribution in [0.15, 0.2) is 49.1 Å². The lowest BCUT2D eigenvalue weighted by Crippen LogP contribution is -2.35. The molecule has 1 fully saturated rings. The number of benzene rings is 1. The zero-order chi connectivity index (χ0) is 19.8. The molecule has 1 aliphatic rings. The van der Waals surface area contributed by atoms with E-state index in [-0.39, 0.29) is 11.7 Å². The molecule has 7 nitrogen and oxygen atoms in total. The smallest absolute Gasteiger partial charge is 0.255 e. The Hall–Kier alpha value is -3.55. The quantitative estimate of drug-likeness (QED) is 0.580. The van der Waals surface area contributed by atoms with Crippen molar-refractivity contribution < 1.29 is 9.18 Å². The Morgan fingerprint density at radius 1 is 1.07 bits per heavy atom. The second-order valence-corrected chi connectivity index (χ2v) is 7.21. The lowest BCUT2D eigenvalue weighted by atomic mass is 10.1. The van der Waals surface area contributed by atoms with Crippen molar-refractivity contribution in [3.63, 3.8) is 0 Å². The normalized spacial score (nSPS) is 14.4. The Kier molecular flexibility index (Phi) is 4.31. The molecule has 1 aromatic carbocycles. The van der Waals surface area contributed by atoms with Crippen molar-refractivity contribution in [2.75, 3.05) is 13.1 Å². The van der Waals surface area contributed by atoms with Gasteiger partial charge in [0, 0.05) is 36.4 Å². The molecule has 0 bridgehead atoms. The van der Waals surface area contributed by atoms with E-state index < -0.39 is 0 Å². The molecule has 3 aromatic heterocycles. The molecule has 0 atom stereocenters. The number of carbonyl (C=O) groups is 1. The number of aromatic amines is 1. The maximum absolute atomic E-state index is 14.2. The van der Waals surface area contributed by atoms with Gasteiger partial charge in [0.25, 0.3) is 5.91 Å². The number of H-pyrrole nitrogens is 1. The van der Waals surface area contributed by atoms with Crippen LogP contribution in [0.3, 0.4) is 0 Å². The largest absolute Gasteiger partial charge is 0.339 e. The number of carbonyl (C=O) groups excluding carboxylic acids is 1. The van der Waals surface area contributed by atoms with Crippen LogP contribution in [0.4, 0.5) is 4.39 Å². The first-order chi connectivity index (χ1) is 14.2. The summed E-state index contributed by atoms with van der Waals surface area (Å²) in [5.74, 6) is 0.127. The predicted molar refractivity (Wildman–Crippen MR) is 106 cm³/mol. The highest BCUT2D eigenvalue weighted by atomic mass is 19.1. The molecule has 8 heteroatoms. The maximum Gasteiger partial charge on any atom is 0.255 e. The van der Waals surface area contributed by atoms with Gasteiger partial charge in [-0.15, -0.1) is 0 Å². The number of fused-ring (bicyclic) bond motifs is 1. The highest BCUT2D eigenvalue weighted by molar-refractivity contribution is 5.97. The summed E-state index contributed by atoms with van der Waals surface area (Å²) >= 11 is 0. The number of piperidine rings is 1. The van der Waals surface area contributed by atoms with Crippen molar-refractivity contribution in [1.29, 1.82) is 0 Å². The summed E-state index contributed by atoms with van der Waals surface area (Å²) in [4.78, 5) is 23.2. The average Bonchev–Trinajstić information content (AvgIpc) is 3.43. The Labute approximate surface area is 166 Å². The number of hydrogen-bond acceptors (Lipinski definition) is 4. The number of halogens is 1. The molecule has 5 rings (SSSR count). The minimum Gasteiger partial charge on any atom is -0.339 e. The fraction of sp³-hybridized carbons (Fsp3) is 0.238. The van der Waals surface area contributed by atoms with Crippen LogP contribution in [-0.4, -0.2) is 48.6 Å². The van der Waals surface area contributed by atoms with Crippen LogP contribution in [-0.2, 0) is 0 Å². The molecule has 1 N–H and O–H groups in total. The monoisotopic (exact) mass is 390 g/mol. The third kappa shape index (κ3) is 3.26. The SMILES string of the molecule is O=C(c1cnc2c(ccn2-c2cc(F)cc(-c3ncn[nH]3)c2)c1)N1CCCCC1. The van der Waals surface area contributed by atoms with Gasteiger partial charge in [0.15, 0.2) is 5.82 Å². The summed E-state index contributed by atoms with van der Waals surface area (Å²) in [6.07, 6.45) is 8.08. The van der Waals surface area contributed by atoms with Crippen LogP contribution >= 0.6 is 0 Å². The molecule has 4 aromatic rings. The average molecular weight is 390 g/mol. The molecule has 0 radical (unpaired) electrons. The highest BCUT2D eigenvalue weighted by Crippen LogP contribution is 2.25. The number of nitrogens with zero attached hydrogens (tertiary/aromatic N) is 5. The number of likely N-dealkylation sites (tertiary alicyclic amines) is 1. The summed E-state index contributed by atoms with van der Waals surface area (Å²) in [7, 11) is 0. The van der Waals surface area contributed by atoms with Gasteiger partial charge >= 0.3 is 0 Å². The van der Waals surface area contributed by atoms with Crippen LogP contribution in [0.2, 0.25) is 0 Å². The van der Waals surface area contributed by atoms with Gasteiger partial charge in [-0.2, -0.15) is 5.10 Å². The first-order valence-corrected chi connectivity index (χ1v) is 9.62. The third-order valence-electron chi connectivity index (χ3n) is 5.27. The van der Waals surface area contributed by atoms with Gasteiger partial charge in [-0.3, -0.25) is 9.89 Å². The van der Waals surface area contributed by atoms with Crippen LogP contribution in [0.25, 0.3) is 28.1 Å². The van der Waals surface area contributed by atoms with Gasteiger partial charge in [0.05, 0.1) is 11.3 Å². The topological polar surface area (TPSA) is 79.7 Å². The van der Waals surface area contributed by atoms with Gasteiger partial charge in [-0.1, -0.05) is 0 Å². The van der Waals surface area contributed by atoms with Gasteiger partial charge in [-0.05, 0) is 49.6 Å². The van der Waals surface area contributed by atoms with Crippen LogP contribution in [0.5, 0.6) is 0 Å². The van der Waals surface area contributed by atoms with Gasteiger partial charge < -0.3 is 9.47 Å². The molecule has 29 heavy (non-hydrogen) atoms. The van der Waals surface area contributed by atoms with E-state index in [0.29, 0.717) is 28.3 Å². The van der Waals surface area contributed by atoms with Crippen molar-refractivity contribution in [2.24, 2.45) is 0 Å². The molecule has 1 amide bonds. The van der Waals surface area contributed by atoms with E-state index in [1.54, 1.807) is 10.8 Å². The zero-order valence-corrected chi connectivity index (χ0v) is 15.7. The van der Waals surface area contributed by atoms with Crippen molar-refractivity contribution in [3.05, 3.63) is 60.4 Å². The summed E-state index contributed by atoms with van der Waals surface area (Å²) in [5.41, 5.74) is 2.46. The Balaban J connectivity index is 1.51. The standard InChI is InChI=1S/C21H19FN6O/c22-17-9-15(19-24-13-25-26-19)10-18(11-17)28-7-4-14-8-16(12-23-20(14)28)21(29)27-5-2-1-3-6-27/h4,7-13H,1-3,5-6H2,(H,24,25,26). The first-order valence-electron chi connectivity index (χ1n) is 9.62. The van der Waals surface area contributed by atoms with E-state index in [1.807, 2.05) is 29.3 Å². The Bertz CT molecular complexity index is 1180. The van der Waals surface area contributed by atoms with E-state index in [0.717, 1.165) is 31.3 Å². The van der Waals surface area contributed by atoms with Crippen molar-refractivity contribution >= 4 is 16.9 Å². The number of aromatic nitrogens is 5. The number of rotatable bonds is 3. The molecular formula is C21H19FN6O. The van der Waals surface area contributed by atoms with Crippen molar-refractivity contribution in [3.8, 4) is 17.1 Å². The summed E-state index contributed by atoms with van der Waals surface area (Å²) in [6, 6.07) is 8.39. The van der Waals surface area contributed by atoms with Crippen LogP contribution < -0.4 is 0 Å². The van der Waals surface area contributed by atoms with Gasteiger partial charge in [0.1, 0.15) is 17.8 Å². The lowest BCUT2D eigenvalue weighted by molar-refractivity contribution is 0.0724. The number of nitrogens with one attached hydrogen (secondary N) is 1. The van der Waals surface area contributed by atoms with E-state index in [1.165, 1.54) is 24.9 Å². The van der Waals surface area contributed by atoms with E-state index in [2.05, 4.69) is 20.2 Å². The number of pyridine rings is 1. The second kappa shape index (κ2) is 7.12. The fourth-order valence-corrected chi connectivity index (χ4v) is 3.82. The zero-order valence-electron chi connectivity index (χ0n) is 15.7. The Morgan fingerprint density at radius 3 is 2.72 bits per heavy atom. The molecule has 0 spiro atoms. The molecule has 146 valence electrons. The second-order valence-electron chi connectivity index (χ2n) is 7.21. The predicted octanol–water partition coefficient (Wildman–Crippen LogP) is 3.58. The van der Waals surface area contributed by atoms with E-state index >= 15 is 0 Å². The molecule has 4 heterocycles. The summed E-state index contributed by atoms with van der Waals surface area (Å²) < 4.78 is 16.0.